The second kappa shape index (κ2) is 6.58. The first kappa shape index (κ1) is 16.6. The lowest BCUT2D eigenvalue weighted by molar-refractivity contribution is -0.868. The van der Waals surface area contributed by atoms with Gasteiger partial charge < -0.3 is 33.4 Å². The van der Waals surface area contributed by atoms with E-state index in [-0.39, 0.29) is 24.0 Å². The molecule has 0 amide bonds. The van der Waals surface area contributed by atoms with Gasteiger partial charge in [-0.25, -0.2) is 0 Å². The maximum atomic E-state index is 2.46. The Labute approximate surface area is 148 Å². The summed E-state index contributed by atoms with van der Waals surface area (Å²) in [5.74, 6) is 0. The SMILES string of the molecule is C[N+](C)(C)CCN1c2ccccc2Sc2ccccc21.[I-]. The van der Waals surface area contributed by atoms with Gasteiger partial charge in [-0.1, -0.05) is 36.0 Å². The van der Waals surface area contributed by atoms with Gasteiger partial charge in [0.15, 0.2) is 0 Å². The van der Waals surface area contributed by atoms with Crippen LogP contribution in [0.3, 0.4) is 0 Å². The van der Waals surface area contributed by atoms with Crippen LogP contribution in [-0.2, 0) is 0 Å². The first-order chi connectivity index (χ1) is 9.54. The van der Waals surface area contributed by atoms with Crippen LogP contribution in [0.2, 0.25) is 0 Å². The summed E-state index contributed by atoms with van der Waals surface area (Å²) in [7, 11) is 6.74. The number of para-hydroxylation sites is 2. The second-order valence-corrected chi connectivity index (χ2v) is 7.29. The van der Waals surface area contributed by atoms with Gasteiger partial charge in [-0.15, -0.1) is 0 Å². The third kappa shape index (κ3) is 3.73. The van der Waals surface area contributed by atoms with E-state index in [1.165, 1.54) is 21.2 Å². The molecule has 4 heteroatoms. The van der Waals surface area contributed by atoms with Crippen molar-refractivity contribution in [3.63, 3.8) is 0 Å². The molecule has 0 radical (unpaired) electrons. The molecular weight excluding hydrogens is 391 g/mol. The van der Waals surface area contributed by atoms with Gasteiger partial charge >= 0.3 is 0 Å². The van der Waals surface area contributed by atoms with Gasteiger partial charge in [-0.05, 0) is 24.3 Å². The lowest BCUT2D eigenvalue weighted by Crippen LogP contribution is -3.00. The number of quaternary nitrogens is 1. The first-order valence-corrected chi connectivity index (χ1v) is 7.80. The lowest BCUT2D eigenvalue weighted by atomic mass is 10.2. The fourth-order valence-corrected chi connectivity index (χ4v) is 3.52. The molecule has 0 aliphatic carbocycles. The molecule has 0 unspecified atom stereocenters. The third-order valence-corrected chi connectivity index (χ3v) is 4.66. The molecule has 1 heterocycles. The highest BCUT2D eigenvalue weighted by molar-refractivity contribution is 7.99. The van der Waals surface area contributed by atoms with Crippen LogP contribution < -0.4 is 28.9 Å². The van der Waals surface area contributed by atoms with Gasteiger partial charge in [-0.3, -0.25) is 0 Å². The Bertz CT molecular complexity index is 577. The number of likely N-dealkylation sites (N-methyl/N-ethyl adjacent to an activating group) is 1. The van der Waals surface area contributed by atoms with Crippen LogP contribution in [-0.4, -0.2) is 38.7 Å². The summed E-state index contributed by atoms with van der Waals surface area (Å²) < 4.78 is 0.980. The normalized spacial score (nSPS) is 13.2. The standard InChI is InChI=1S/C17H21N2S.HI/c1-19(2,3)13-12-18-14-8-4-6-10-16(14)20-17-11-7-5-9-15(17)18;/h4-11H,12-13H2,1-3H3;1H/q+1;/p-1. The minimum atomic E-state index is 0. The van der Waals surface area contributed by atoms with Gasteiger partial charge in [-0.2, -0.15) is 0 Å². The molecular formula is C17H21IN2S. The van der Waals surface area contributed by atoms with Crippen molar-refractivity contribution in [3.8, 4) is 0 Å². The van der Waals surface area contributed by atoms with Crippen molar-refractivity contribution in [2.75, 3.05) is 39.1 Å². The van der Waals surface area contributed by atoms with Gasteiger partial charge in [0.1, 0.15) is 0 Å². The molecule has 112 valence electrons. The molecule has 2 aromatic carbocycles. The Morgan fingerprint density at radius 3 is 1.81 bits per heavy atom. The summed E-state index contributed by atoms with van der Waals surface area (Å²) in [6, 6.07) is 17.4. The van der Waals surface area contributed by atoms with Crippen molar-refractivity contribution in [1.29, 1.82) is 0 Å². The first-order valence-electron chi connectivity index (χ1n) is 6.98. The van der Waals surface area contributed by atoms with Gasteiger partial charge in [0.25, 0.3) is 0 Å². The Kier molecular flexibility index (Phi) is 5.22. The lowest BCUT2D eigenvalue weighted by Gasteiger charge is -2.35. The molecule has 0 fully saturated rings. The van der Waals surface area contributed by atoms with Crippen LogP contribution in [0.5, 0.6) is 0 Å². The van der Waals surface area contributed by atoms with Crippen LogP contribution in [0, 0.1) is 0 Å². The number of fused-ring (bicyclic) bond motifs is 2. The topological polar surface area (TPSA) is 3.24 Å². The van der Waals surface area contributed by atoms with E-state index in [1.54, 1.807) is 0 Å². The van der Waals surface area contributed by atoms with E-state index in [0.717, 1.165) is 17.6 Å². The molecule has 2 aromatic rings. The molecule has 0 bridgehead atoms. The van der Waals surface area contributed by atoms with Gasteiger partial charge in [0.05, 0.1) is 45.6 Å². The zero-order chi connectivity index (χ0) is 14.2. The maximum absolute atomic E-state index is 2.46. The Hall–Kier alpha value is -0.720. The number of rotatable bonds is 3. The van der Waals surface area contributed by atoms with E-state index in [0.29, 0.717) is 0 Å². The third-order valence-electron chi connectivity index (χ3n) is 3.53. The molecule has 0 N–H and O–H groups in total. The molecule has 0 saturated carbocycles. The Morgan fingerprint density at radius 1 is 0.857 bits per heavy atom. The molecule has 0 saturated heterocycles. The fraction of sp³-hybridized carbons (Fsp3) is 0.294. The van der Waals surface area contributed by atoms with Crippen molar-refractivity contribution >= 4 is 23.1 Å². The zero-order valence-corrected chi connectivity index (χ0v) is 15.7. The van der Waals surface area contributed by atoms with Crippen molar-refractivity contribution in [2.45, 2.75) is 9.79 Å². The Morgan fingerprint density at radius 2 is 1.33 bits per heavy atom. The quantitative estimate of drug-likeness (QED) is 0.547. The molecule has 3 rings (SSSR count). The predicted octanol–water partition coefficient (Wildman–Crippen LogP) is 1.000. The average molecular weight is 412 g/mol. The van der Waals surface area contributed by atoms with Crippen LogP contribution >= 0.6 is 11.8 Å². The summed E-state index contributed by atoms with van der Waals surface area (Å²) >= 11 is 1.87. The summed E-state index contributed by atoms with van der Waals surface area (Å²) in [5.41, 5.74) is 2.68. The fourth-order valence-electron chi connectivity index (χ4n) is 2.42. The van der Waals surface area contributed by atoms with E-state index in [9.17, 15) is 0 Å². The van der Waals surface area contributed by atoms with Crippen molar-refractivity contribution in [1.82, 2.24) is 0 Å². The second-order valence-electron chi connectivity index (χ2n) is 6.20. The highest BCUT2D eigenvalue weighted by atomic mass is 127. The van der Waals surface area contributed by atoms with Crippen molar-refractivity contribution < 1.29 is 28.5 Å². The molecule has 0 spiro atoms. The number of anilines is 2. The summed E-state index contributed by atoms with van der Waals surface area (Å²) in [6.45, 7) is 2.16. The Balaban J connectivity index is 0.00000161. The van der Waals surface area contributed by atoms with Gasteiger partial charge in [0, 0.05) is 9.79 Å². The number of nitrogens with zero attached hydrogens (tertiary/aromatic N) is 2. The molecule has 0 aromatic heterocycles. The number of hydrogen-bond donors (Lipinski definition) is 0. The van der Waals surface area contributed by atoms with Crippen molar-refractivity contribution in [3.05, 3.63) is 48.5 Å². The van der Waals surface area contributed by atoms with E-state index in [1.807, 2.05) is 11.8 Å². The average Bonchev–Trinajstić information content (AvgIpc) is 2.42. The minimum absolute atomic E-state index is 0. The number of benzene rings is 2. The largest absolute Gasteiger partial charge is 1.00 e. The van der Waals surface area contributed by atoms with Gasteiger partial charge in [0.2, 0.25) is 0 Å². The molecule has 21 heavy (non-hydrogen) atoms. The highest BCUT2D eigenvalue weighted by Crippen LogP contribution is 2.47. The number of halogens is 1. The van der Waals surface area contributed by atoms with Crippen molar-refractivity contribution in [2.24, 2.45) is 0 Å². The maximum Gasteiger partial charge on any atom is 0.0962 e. The smallest absolute Gasteiger partial charge is 0.0962 e. The molecule has 1 aliphatic heterocycles. The summed E-state index contributed by atoms with van der Waals surface area (Å²) in [4.78, 5) is 5.17. The van der Waals surface area contributed by atoms with Crippen LogP contribution in [0.15, 0.2) is 58.3 Å². The molecule has 0 atom stereocenters. The van der Waals surface area contributed by atoms with Crippen LogP contribution in [0.25, 0.3) is 0 Å². The van der Waals surface area contributed by atoms with Crippen LogP contribution in [0.4, 0.5) is 11.4 Å². The summed E-state index contributed by atoms with van der Waals surface area (Å²) in [6.07, 6.45) is 0. The zero-order valence-electron chi connectivity index (χ0n) is 12.7. The van der Waals surface area contributed by atoms with E-state index >= 15 is 0 Å². The minimum Gasteiger partial charge on any atom is -1.00 e. The van der Waals surface area contributed by atoms with Crippen LogP contribution in [0.1, 0.15) is 0 Å². The van der Waals surface area contributed by atoms with E-state index in [2.05, 4.69) is 74.6 Å². The predicted molar refractivity (Wildman–Crippen MR) is 86.9 cm³/mol. The number of hydrogen-bond acceptors (Lipinski definition) is 2. The highest BCUT2D eigenvalue weighted by Gasteiger charge is 2.23. The molecule has 1 aliphatic rings. The summed E-state index contributed by atoms with van der Waals surface area (Å²) in [5, 5.41) is 0. The molecule has 2 nitrogen and oxygen atoms in total. The van der Waals surface area contributed by atoms with E-state index < -0.39 is 0 Å². The van der Waals surface area contributed by atoms with E-state index in [4.69, 9.17) is 0 Å². The monoisotopic (exact) mass is 412 g/mol.